The van der Waals surface area contributed by atoms with Crippen LogP contribution < -0.4 is 10.6 Å². The molecule has 0 heterocycles. The van der Waals surface area contributed by atoms with Gasteiger partial charge < -0.3 is 10.6 Å². The van der Waals surface area contributed by atoms with Gasteiger partial charge in [-0.25, -0.2) is 4.39 Å². The molecule has 0 radical (unpaired) electrons. The Hall–Kier alpha value is -2.33. The lowest BCUT2D eigenvalue weighted by Crippen LogP contribution is -2.37. The molecule has 2 N–H and O–H groups in total. The van der Waals surface area contributed by atoms with E-state index >= 15 is 0 Å². The number of amides is 1. The maximum atomic E-state index is 13.9. The van der Waals surface area contributed by atoms with E-state index in [1.54, 1.807) is 6.07 Å². The molecule has 0 spiro atoms. The van der Waals surface area contributed by atoms with Crippen molar-refractivity contribution in [3.63, 3.8) is 0 Å². The predicted molar refractivity (Wildman–Crippen MR) is 113 cm³/mol. The largest absolute Gasteiger partial charge is 0.416 e. The Bertz CT molecular complexity index is 963. The Morgan fingerprint density at radius 3 is 2.06 bits per heavy atom. The Balaban J connectivity index is 1.53. The molecule has 186 valence electrons. The Labute approximate surface area is 196 Å². The minimum Gasteiger partial charge on any atom is -0.352 e. The summed E-state index contributed by atoms with van der Waals surface area (Å²) in [5.74, 6) is -1.38. The number of hydrogen-bond acceptors (Lipinski definition) is 2. The fraction of sp³-hybridized carbons (Fsp3) is 0.435. The highest BCUT2D eigenvalue weighted by Gasteiger charge is 2.37. The van der Waals surface area contributed by atoms with Crippen LogP contribution in [0.15, 0.2) is 36.4 Å². The third kappa shape index (κ3) is 6.85. The van der Waals surface area contributed by atoms with E-state index in [1.165, 1.54) is 12.1 Å². The van der Waals surface area contributed by atoms with Gasteiger partial charge in [0, 0.05) is 35.3 Å². The Kier molecular flexibility index (Phi) is 8.13. The molecule has 3 rings (SSSR count). The molecule has 1 amide bonds. The summed E-state index contributed by atoms with van der Waals surface area (Å²) in [5.41, 5.74) is -3.39. The summed E-state index contributed by atoms with van der Waals surface area (Å²) in [6.45, 7) is 0.386. The van der Waals surface area contributed by atoms with Crippen LogP contribution in [0.5, 0.6) is 0 Å². The molecule has 3 nitrogen and oxygen atoms in total. The second-order valence-corrected chi connectivity index (χ2v) is 8.71. The number of carbonyl (C=O) groups is 1. The van der Waals surface area contributed by atoms with Crippen LogP contribution >= 0.6 is 11.6 Å². The van der Waals surface area contributed by atoms with Crippen molar-refractivity contribution in [2.24, 2.45) is 5.92 Å². The van der Waals surface area contributed by atoms with Crippen LogP contribution in [0.2, 0.25) is 5.02 Å². The summed E-state index contributed by atoms with van der Waals surface area (Å²) in [6.07, 6.45) is -7.25. The number of hydrogen-bond donors (Lipinski definition) is 2. The molecular formula is C23H22ClF7N2O. The molecule has 1 aliphatic rings. The van der Waals surface area contributed by atoms with E-state index in [0.717, 1.165) is 0 Å². The van der Waals surface area contributed by atoms with E-state index in [0.29, 0.717) is 48.4 Å². The lowest BCUT2D eigenvalue weighted by atomic mass is 9.86. The van der Waals surface area contributed by atoms with Gasteiger partial charge in [-0.1, -0.05) is 17.7 Å². The average Bonchev–Trinajstić information content (AvgIpc) is 2.76. The topological polar surface area (TPSA) is 41.1 Å². The van der Waals surface area contributed by atoms with Crippen LogP contribution in [0, 0.1) is 11.7 Å². The molecule has 1 saturated carbocycles. The molecule has 0 aliphatic heterocycles. The van der Waals surface area contributed by atoms with E-state index in [-0.39, 0.29) is 31.1 Å². The highest BCUT2D eigenvalue weighted by atomic mass is 35.5. The first-order chi connectivity index (χ1) is 15.8. The van der Waals surface area contributed by atoms with Crippen molar-refractivity contribution in [2.75, 3.05) is 6.54 Å². The van der Waals surface area contributed by atoms with Crippen LogP contribution in [-0.2, 0) is 18.9 Å². The summed E-state index contributed by atoms with van der Waals surface area (Å²) in [6, 6.07) is 5.36. The minimum atomic E-state index is -5.02. The Morgan fingerprint density at radius 2 is 1.53 bits per heavy atom. The summed E-state index contributed by atoms with van der Waals surface area (Å²) >= 11 is 6.02. The lowest BCUT2D eigenvalue weighted by molar-refractivity contribution is -0.143. The molecule has 11 heteroatoms. The molecule has 0 aromatic heterocycles. The molecule has 0 atom stereocenters. The number of alkyl halides is 6. The first-order valence-electron chi connectivity index (χ1n) is 10.6. The quantitative estimate of drug-likeness (QED) is 0.430. The monoisotopic (exact) mass is 510 g/mol. The highest BCUT2D eigenvalue weighted by molar-refractivity contribution is 6.31. The van der Waals surface area contributed by atoms with E-state index in [9.17, 15) is 35.5 Å². The standard InChI is InChI=1S/C23H22ClF7N2O/c24-19-2-1-3-20(25)18(19)12-32-17-6-4-13(5-7-17)11-33-21(34)14-8-15(22(26,27)28)10-16(9-14)23(29,30)31/h1-3,8-10,13,17,32H,4-7,11-12H2,(H,33,34)/t13-,17+. The van der Waals surface area contributed by atoms with Gasteiger partial charge >= 0.3 is 12.4 Å². The van der Waals surface area contributed by atoms with Crippen LogP contribution in [-0.4, -0.2) is 18.5 Å². The molecule has 0 unspecified atom stereocenters. The number of halogens is 8. The third-order valence-corrected chi connectivity index (χ3v) is 6.23. The summed E-state index contributed by atoms with van der Waals surface area (Å²) in [7, 11) is 0. The maximum absolute atomic E-state index is 13.9. The van der Waals surface area contributed by atoms with Crippen molar-refractivity contribution in [1.82, 2.24) is 10.6 Å². The molecule has 2 aromatic rings. The van der Waals surface area contributed by atoms with E-state index < -0.39 is 40.8 Å². The van der Waals surface area contributed by atoms with Gasteiger partial charge in [-0.3, -0.25) is 4.79 Å². The van der Waals surface area contributed by atoms with Crippen molar-refractivity contribution in [3.8, 4) is 0 Å². The van der Waals surface area contributed by atoms with Crippen molar-refractivity contribution < 1.29 is 35.5 Å². The van der Waals surface area contributed by atoms with Gasteiger partial charge in [0.1, 0.15) is 5.82 Å². The average molecular weight is 511 g/mol. The van der Waals surface area contributed by atoms with E-state index in [2.05, 4.69) is 10.6 Å². The molecule has 0 saturated heterocycles. The van der Waals surface area contributed by atoms with Gasteiger partial charge in [0.05, 0.1) is 11.1 Å². The third-order valence-electron chi connectivity index (χ3n) is 5.88. The smallest absolute Gasteiger partial charge is 0.352 e. The first-order valence-corrected chi connectivity index (χ1v) is 11.0. The summed E-state index contributed by atoms with van der Waals surface area (Å²) < 4.78 is 91.8. The van der Waals surface area contributed by atoms with Gasteiger partial charge in [0.15, 0.2) is 0 Å². The van der Waals surface area contributed by atoms with Gasteiger partial charge in [-0.2, -0.15) is 26.3 Å². The maximum Gasteiger partial charge on any atom is 0.416 e. The number of carbonyl (C=O) groups excluding carboxylic acids is 1. The Morgan fingerprint density at radius 1 is 0.941 bits per heavy atom. The van der Waals surface area contributed by atoms with Crippen molar-refractivity contribution in [2.45, 2.75) is 50.6 Å². The zero-order valence-corrected chi connectivity index (χ0v) is 18.5. The van der Waals surface area contributed by atoms with E-state index in [4.69, 9.17) is 11.6 Å². The second kappa shape index (κ2) is 10.5. The number of benzene rings is 2. The summed E-state index contributed by atoms with van der Waals surface area (Å²) in [5, 5.41) is 6.03. The zero-order chi connectivity index (χ0) is 25.1. The van der Waals surface area contributed by atoms with Crippen LogP contribution in [0.4, 0.5) is 30.7 Å². The van der Waals surface area contributed by atoms with Gasteiger partial charge in [-0.15, -0.1) is 0 Å². The fourth-order valence-corrected chi connectivity index (χ4v) is 4.17. The van der Waals surface area contributed by atoms with Crippen LogP contribution in [0.3, 0.4) is 0 Å². The van der Waals surface area contributed by atoms with Gasteiger partial charge in [0.25, 0.3) is 5.91 Å². The molecule has 1 aliphatic carbocycles. The van der Waals surface area contributed by atoms with E-state index in [1.807, 2.05) is 0 Å². The van der Waals surface area contributed by atoms with Crippen molar-refractivity contribution in [3.05, 3.63) is 69.5 Å². The van der Waals surface area contributed by atoms with Gasteiger partial charge in [0.2, 0.25) is 0 Å². The minimum absolute atomic E-state index is 0.0143. The number of rotatable bonds is 6. The van der Waals surface area contributed by atoms with Crippen molar-refractivity contribution >= 4 is 17.5 Å². The molecule has 1 fully saturated rings. The highest BCUT2D eigenvalue weighted by Crippen LogP contribution is 2.36. The first kappa shape index (κ1) is 26.3. The van der Waals surface area contributed by atoms with Gasteiger partial charge in [-0.05, 0) is 61.9 Å². The normalized spacial score (nSPS) is 19.2. The van der Waals surface area contributed by atoms with Crippen molar-refractivity contribution in [1.29, 1.82) is 0 Å². The molecule has 34 heavy (non-hydrogen) atoms. The lowest BCUT2D eigenvalue weighted by Gasteiger charge is -2.29. The predicted octanol–water partition coefficient (Wildman–Crippen LogP) is 6.60. The second-order valence-electron chi connectivity index (χ2n) is 8.30. The summed E-state index contributed by atoms with van der Waals surface area (Å²) in [4.78, 5) is 12.3. The zero-order valence-electron chi connectivity index (χ0n) is 17.8. The molecule has 0 bridgehead atoms. The molecule has 2 aromatic carbocycles. The SMILES string of the molecule is O=C(NC[C@H]1CC[C@@H](NCc2c(F)cccc2Cl)CC1)c1cc(C(F)(F)F)cc(C(F)(F)F)c1. The fourth-order valence-electron chi connectivity index (χ4n) is 3.94. The van der Waals surface area contributed by atoms with Crippen LogP contribution in [0.25, 0.3) is 0 Å². The van der Waals surface area contributed by atoms with Crippen LogP contribution in [0.1, 0.15) is 52.7 Å². The number of nitrogens with one attached hydrogen (secondary N) is 2. The molecular weight excluding hydrogens is 489 g/mol.